The standard InChI is InChI=1S/C11H25N3O/c1-6-14(9-7-8-13(4)5)11(15)10(2)12-3/h10,12H,6-9H2,1-5H3. The molecule has 0 fully saturated rings. The van der Waals surface area contributed by atoms with Gasteiger partial charge in [0.25, 0.3) is 0 Å². The molecule has 0 aromatic rings. The first kappa shape index (κ1) is 14.4. The Morgan fingerprint density at radius 2 is 1.93 bits per heavy atom. The molecule has 1 atom stereocenters. The van der Waals surface area contributed by atoms with Crippen LogP contribution in [0.5, 0.6) is 0 Å². The maximum absolute atomic E-state index is 11.8. The van der Waals surface area contributed by atoms with Gasteiger partial charge in [0.15, 0.2) is 0 Å². The fraction of sp³-hybridized carbons (Fsp3) is 0.909. The Labute approximate surface area is 93.6 Å². The number of likely N-dealkylation sites (N-methyl/N-ethyl adjacent to an activating group) is 2. The van der Waals surface area contributed by atoms with Crippen LogP contribution in [0.4, 0.5) is 0 Å². The number of hydrogen-bond acceptors (Lipinski definition) is 3. The number of carbonyl (C=O) groups is 1. The molecule has 0 bridgehead atoms. The Balaban J connectivity index is 3.96. The third-order valence-corrected chi connectivity index (χ3v) is 2.53. The van der Waals surface area contributed by atoms with Crippen molar-refractivity contribution in [3.05, 3.63) is 0 Å². The fourth-order valence-corrected chi connectivity index (χ4v) is 1.40. The second kappa shape index (κ2) is 7.65. The van der Waals surface area contributed by atoms with E-state index in [-0.39, 0.29) is 11.9 Å². The summed E-state index contributed by atoms with van der Waals surface area (Å²) in [6, 6.07) is -0.0793. The van der Waals surface area contributed by atoms with Crippen LogP contribution in [-0.2, 0) is 4.79 Å². The zero-order chi connectivity index (χ0) is 11.8. The third kappa shape index (κ3) is 5.74. The molecule has 15 heavy (non-hydrogen) atoms. The quantitative estimate of drug-likeness (QED) is 0.667. The van der Waals surface area contributed by atoms with Gasteiger partial charge in [-0.15, -0.1) is 0 Å². The first-order valence-corrected chi connectivity index (χ1v) is 5.63. The van der Waals surface area contributed by atoms with Gasteiger partial charge in [-0.3, -0.25) is 4.79 Å². The summed E-state index contributed by atoms with van der Waals surface area (Å²) >= 11 is 0. The summed E-state index contributed by atoms with van der Waals surface area (Å²) in [7, 11) is 5.92. The lowest BCUT2D eigenvalue weighted by atomic mass is 10.2. The molecule has 0 heterocycles. The SMILES string of the molecule is CCN(CCCN(C)C)C(=O)C(C)NC. The van der Waals surface area contributed by atoms with E-state index in [0.29, 0.717) is 0 Å². The molecule has 4 heteroatoms. The average Bonchev–Trinajstić information content (AvgIpc) is 2.22. The highest BCUT2D eigenvalue weighted by atomic mass is 16.2. The molecule has 1 N–H and O–H groups in total. The van der Waals surface area contributed by atoms with Crippen LogP contribution >= 0.6 is 0 Å². The summed E-state index contributed by atoms with van der Waals surface area (Å²) in [5, 5.41) is 2.98. The maximum atomic E-state index is 11.8. The normalized spacial score (nSPS) is 12.9. The molecule has 0 aromatic carbocycles. The van der Waals surface area contributed by atoms with Crippen LogP contribution in [0.1, 0.15) is 20.3 Å². The summed E-state index contributed by atoms with van der Waals surface area (Å²) in [5.74, 6) is 0.193. The number of amides is 1. The Kier molecular flexibility index (Phi) is 7.34. The van der Waals surface area contributed by atoms with Crippen molar-refractivity contribution in [3.8, 4) is 0 Å². The second-order valence-corrected chi connectivity index (χ2v) is 4.09. The van der Waals surface area contributed by atoms with Crippen molar-refractivity contribution < 1.29 is 4.79 Å². The Morgan fingerprint density at radius 3 is 2.33 bits per heavy atom. The van der Waals surface area contributed by atoms with Gasteiger partial charge in [-0.25, -0.2) is 0 Å². The van der Waals surface area contributed by atoms with Crippen LogP contribution in [0.15, 0.2) is 0 Å². The molecular weight excluding hydrogens is 190 g/mol. The van der Waals surface area contributed by atoms with E-state index in [4.69, 9.17) is 0 Å². The molecule has 90 valence electrons. The lowest BCUT2D eigenvalue weighted by Gasteiger charge is -2.24. The highest BCUT2D eigenvalue weighted by Gasteiger charge is 2.16. The number of hydrogen-bond donors (Lipinski definition) is 1. The monoisotopic (exact) mass is 215 g/mol. The van der Waals surface area contributed by atoms with E-state index in [0.717, 1.165) is 26.1 Å². The van der Waals surface area contributed by atoms with Crippen molar-refractivity contribution in [1.29, 1.82) is 0 Å². The zero-order valence-electron chi connectivity index (χ0n) is 10.7. The van der Waals surface area contributed by atoms with Gasteiger partial charge in [-0.05, 0) is 48.0 Å². The van der Waals surface area contributed by atoms with Crippen LogP contribution in [0, 0.1) is 0 Å². The molecular formula is C11H25N3O. The molecule has 0 aliphatic carbocycles. The topological polar surface area (TPSA) is 35.6 Å². The molecule has 4 nitrogen and oxygen atoms in total. The van der Waals surface area contributed by atoms with E-state index in [1.807, 2.05) is 39.9 Å². The van der Waals surface area contributed by atoms with Gasteiger partial charge in [0.2, 0.25) is 5.91 Å². The van der Waals surface area contributed by atoms with Crippen molar-refractivity contribution in [3.63, 3.8) is 0 Å². The minimum Gasteiger partial charge on any atom is -0.342 e. The Hall–Kier alpha value is -0.610. The molecule has 0 aliphatic rings. The molecule has 0 aromatic heterocycles. The van der Waals surface area contributed by atoms with Crippen LogP contribution in [-0.4, -0.2) is 62.5 Å². The zero-order valence-corrected chi connectivity index (χ0v) is 10.7. The number of rotatable bonds is 7. The summed E-state index contributed by atoms with van der Waals surface area (Å²) < 4.78 is 0. The van der Waals surface area contributed by atoms with Gasteiger partial charge in [-0.1, -0.05) is 0 Å². The van der Waals surface area contributed by atoms with Crippen LogP contribution < -0.4 is 5.32 Å². The average molecular weight is 215 g/mol. The summed E-state index contributed by atoms with van der Waals surface area (Å²) in [6.07, 6.45) is 1.03. The van der Waals surface area contributed by atoms with E-state index >= 15 is 0 Å². The minimum atomic E-state index is -0.0793. The lowest BCUT2D eigenvalue weighted by molar-refractivity contribution is -0.132. The number of carbonyl (C=O) groups excluding carboxylic acids is 1. The smallest absolute Gasteiger partial charge is 0.239 e. The van der Waals surface area contributed by atoms with Crippen LogP contribution in [0.3, 0.4) is 0 Å². The highest BCUT2D eigenvalue weighted by Crippen LogP contribution is 1.97. The molecule has 0 rings (SSSR count). The van der Waals surface area contributed by atoms with Gasteiger partial charge in [0, 0.05) is 13.1 Å². The van der Waals surface area contributed by atoms with Crippen molar-refractivity contribution in [2.75, 3.05) is 40.8 Å². The minimum absolute atomic E-state index is 0.0793. The van der Waals surface area contributed by atoms with E-state index in [1.54, 1.807) is 0 Å². The predicted molar refractivity (Wildman–Crippen MR) is 63.9 cm³/mol. The molecule has 0 saturated carbocycles. The van der Waals surface area contributed by atoms with Crippen molar-refractivity contribution in [2.45, 2.75) is 26.3 Å². The van der Waals surface area contributed by atoms with Gasteiger partial charge >= 0.3 is 0 Å². The molecule has 0 aliphatic heterocycles. The molecule has 0 saturated heterocycles. The second-order valence-electron chi connectivity index (χ2n) is 4.09. The van der Waals surface area contributed by atoms with E-state index < -0.39 is 0 Å². The van der Waals surface area contributed by atoms with Crippen molar-refractivity contribution in [2.24, 2.45) is 0 Å². The first-order chi connectivity index (χ1) is 7.02. The first-order valence-electron chi connectivity index (χ1n) is 5.63. The number of nitrogens with zero attached hydrogens (tertiary/aromatic N) is 2. The van der Waals surface area contributed by atoms with Gasteiger partial charge in [0.05, 0.1) is 6.04 Å². The largest absolute Gasteiger partial charge is 0.342 e. The maximum Gasteiger partial charge on any atom is 0.239 e. The Bertz CT molecular complexity index is 183. The molecule has 0 radical (unpaired) electrons. The van der Waals surface area contributed by atoms with Gasteiger partial charge < -0.3 is 15.1 Å². The van der Waals surface area contributed by atoms with E-state index in [2.05, 4.69) is 10.2 Å². The predicted octanol–water partition coefficient (Wildman–Crippen LogP) is 0.395. The van der Waals surface area contributed by atoms with Crippen LogP contribution in [0.2, 0.25) is 0 Å². The summed E-state index contributed by atoms with van der Waals surface area (Å²) in [5.41, 5.74) is 0. The summed E-state index contributed by atoms with van der Waals surface area (Å²) in [6.45, 7) is 6.59. The van der Waals surface area contributed by atoms with Crippen molar-refractivity contribution >= 4 is 5.91 Å². The Morgan fingerprint density at radius 1 is 1.33 bits per heavy atom. The molecule has 1 amide bonds. The van der Waals surface area contributed by atoms with Crippen molar-refractivity contribution in [1.82, 2.24) is 15.1 Å². The number of nitrogens with one attached hydrogen (secondary N) is 1. The summed E-state index contributed by atoms with van der Waals surface area (Å²) in [4.78, 5) is 15.9. The fourth-order valence-electron chi connectivity index (χ4n) is 1.40. The highest BCUT2D eigenvalue weighted by molar-refractivity contribution is 5.81. The lowest BCUT2D eigenvalue weighted by Crippen LogP contribution is -2.44. The van der Waals surface area contributed by atoms with Gasteiger partial charge in [-0.2, -0.15) is 0 Å². The van der Waals surface area contributed by atoms with Gasteiger partial charge in [0.1, 0.15) is 0 Å². The molecule has 1 unspecified atom stereocenters. The third-order valence-electron chi connectivity index (χ3n) is 2.53. The van der Waals surface area contributed by atoms with E-state index in [9.17, 15) is 4.79 Å². The molecule has 0 spiro atoms. The van der Waals surface area contributed by atoms with Crippen LogP contribution in [0.25, 0.3) is 0 Å². The van der Waals surface area contributed by atoms with E-state index in [1.165, 1.54) is 0 Å².